The van der Waals surface area contributed by atoms with E-state index in [1.54, 1.807) is 0 Å². The van der Waals surface area contributed by atoms with Crippen LogP contribution >= 0.6 is 0 Å². The van der Waals surface area contributed by atoms with E-state index in [0.717, 1.165) is 36.3 Å². The highest BCUT2D eigenvalue weighted by Crippen LogP contribution is 2.44. The number of rotatable bonds is 7. The van der Waals surface area contributed by atoms with Gasteiger partial charge in [0.05, 0.1) is 11.1 Å². The normalized spacial score (nSPS) is 16.3. The third-order valence-corrected chi connectivity index (χ3v) is 4.33. The van der Waals surface area contributed by atoms with E-state index in [4.69, 9.17) is 4.52 Å². The molecule has 1 aromatic rings. The molecule has 2 rings (SSSR count). The average molecular weight is 294 g/mol. The van der Waals surface area contributed by atoms with E-state index in [1.165, 1.54) is 0 Å². The standard InChI is InChI=1S/C15H22N2O4/c1-3-11-10(12(4-2)21-17-11)9-16-13(18)8-15(14(19)20)6-5-7-15/h3-9H2,1-2H3,(H,16,18)(H,19,20). The molecule has 1 fully saturated rings. The molecule has 2 N–H and O–H groups in total. The number of aliphatic carboxylic acids is 1. The molecule has 21 heavy (non-hydrogen) atoms. The fourth-order valence-electron chi connectivity index (χ4n) is 2.76. The Hall–Kier alpha value is -1.85. The second-order valence-corrected chi connectivity index (χ2v) is 5.63. The maximum absolute atomic E-state index is 12.0. The summed E-state index contributed by atoms with van der Waals surface area (Å²) in [5.41, 5.74) is 0.926. The van der Waals surface area contributed by atoms with Crippen LogP contribution in [-0.4, -0.2) is 22.1 Å². The lowest BCUT2D eigenvalue weighted by atomic mass is 9.66. The fourth-order valence-corrected chi connectivity index (χ4v) is 2.76. The van der Waals surface area contributed by atoms with Gasteiger partial charge < -0.3 is 14.9 Å². The van der Waals surface area contributed by atoms with Crippen LogP contribution in [0.1, 0.15) is 56.5 Å². The predicted molar refractivity (Wildman–Crippen MR) is 75.6 cm³/mol. The van der Waals surface area contributed by atoms with E-state index < -0.39 is 11.4 Å². The van der Waals surface area contributed by atoms with Crippen molar-refractivity contribution in [3.8, 4) is 0 Å². The summed E-state index contributed by atoms with van der Waals surface area (Å²) in [6, 6.07) is 0. The number of carboxylic acids is 1. The minimum atomic E-state index is -0.864. The maximum Gasteiger partial charge on any atom is 0.310 e. The summed E-state index contributed by atoms with van der Waals surface area (Å²) in [5.74, 6) is -0.302. The summed E-state index contributed by atoms with van der Waals surface area (Å²) in [6.45, 7) is 4.31. The van der Waals surface area contributed by atoms with Crippen molar-refractivity contribution in [2.24, 2.45) is 5.41 Å². The Morgan fingerprint density at radius 2 is 2.05 bits per heavy atom. The smallest absolute Gasteiger partial charge is 0.310 e. The lowest BCUT2D eigenvalue weighted by Crippen LogP contribution is -2.42. The van der Waals surface area contributed by atoms with Gasteiger partial charge in [-0.1, -0.05) is 25.4 Å². The number of nitrogens with one attached hydrogen (secondary N) is 1. The van der Waals surface area contributed by atoms with E-state index >= 15 is 0 Å². The zero-order valence-corrected chi connectivity index (χ0v) is 12.6. The number of aromatic nitrogens is 1. The molecule has 1 heterocycles. The van der Waals surface area contributed by atoms with Crippen LogP contribution in [0.25, 0.3) is 0 Å². The van der Waals surface area contributed by atoms with Crippen molar-refractivity contribution in [2.45, 2.75) is 58.9 Å². The molecule has 0 unspecified atom stereocenters. The number of carbonyl (C=O) groups is 2. The van der Waals surface area contributed by atoms with Crippen molar-refractivity contribution in [3.05, 3.63) is 17.0 Å². The molecule has 0 radical (unpaired) electrons. The molecule has 1 aromatic heterocycles. The summed E-state index contributed by atoms with van der Waals surface area (Å²) in [5, 5.41) is 16.0. The van der Waals surface area contributed by atoms with Gasteiger partial charge in [-0.3, -0.25) is 9.59 Å². The van der Waals surface area contributed by atoms with Crippen LogP contribution in [-0.2, 0) is 29.0 Å². The van der Waals surface area contributed by atoms with Gasteiger partial charge in [-0.05, 0) is 19.3 Å². The molecule has 0 saturated heterocycles. The van der Waals surface area contributed by atoms with Gasteiger partial charge in [0.1, 0.15) is 5.76 Å². The number of amides is 1. The van der Waals surface area contributed by atoms with Crippen LogP contribution < -0.4 is 5.32 Å². The molecule has 1 saturated carbocycles. The number of carboxylic acid groups (broad SMARTS) is 1. The van der Waals surface area contributed by atoms with Crippen LogP contribution in [0.3, 0.4) is 0 Å². The highest BCUT2D eigenvalue weighted by Gasteiger charge is 2.45. The minimum Gasteiger partial charge on any atom is -0.481 e. The summed E-state index contributed by atoms with van der Waals surface area (Å²) in [7, 11) is 0. The van der Waals surface area contributed by atoms with Gasteiger partial charge in [0.2, 0.25) is 5.91 Å². The lowest BCUT2D eigenvalue weighted by Gasteiger charge is -2.36. The Labute approximate surface area is 123 Å². The highest BCUT2D eigenvalue weighted by molar-refractivity contribution is 5.85. The quantitative estimate of drug-likeness (QED) is 0.803. The molecule has 0 atom stereocenters. The molecule has 1 aliphatic rings. The third kappa shape index (κ3) is 3.09. The van der Waals surface area contributed by atoms with E-state index in [9.17, 15) is 14.7 Å². The van der Waals surface area contributed by atoms with Gasteiger partial charge in [0.15, 0.2) is 0 Å². The first-order valence-electron chi connectivity index (χ1n) is 7.48. The molecule has 0 bridgehead atoms. The van der Waals surface area contributed by atoms with Gasteiger partial charge in [0, 0.05) is 24.9 Å². The number of hydrogen-bond acceptors (Lipinski definition) is 4. The monoisotopic (exact) mass is 294 g/mol. The number of hydrogen-bond donors (Lipinski definition) is 2. The van der Waals surface area contributed by atoms with Crippen molar-refractivity contribution < 1.29 is 19.2 Å². The van der Waals surface area contributed by atoms with Gasteiger partial charge in [0.25, 0.3) is 0 Å². The molecule has 116 valence electrons. The van der Waals surface area contributed by atoms with Gasteiger partial charge in [-0.15, -0.1) is 0 Å². The van der Waals surface area contributed by atoms with E-state index in [2.05, 4.69) is 10.5 Å². The Kier molecular flexibility index (Phi) is 4.65. The van der Waals surface area contributed by atoms with Crippen molar-refractivity contribution in [3.63, 3.8) is 0 Å². The third-order valence-electron chi connectivity index (χ3n) is 4.33. The second kappa shape index (κ2) is 6.28. The fraction of sp³-hybridized carbons (Fsp3) is 0.667. The molecule has 0 aliphatic heterocycles. The Morgan fingerprint density at radius 3 is 2.52 bits per heavy atom. The van der Waals surface area contributed by atoms with E-state index in [1.807, 2.05) is 13.8 Å². The first-order chi connectivity index (χ1) is 10.0. The Bertz CT molecular complexity index is 510. The zero-order chi connectivity index (χ0) is 15.5. The summed E-state index contributed by atoms with van der Waals surface area (Å²) in [4.78, 5) is 23.3. The van der Waals surface area contributed by atoms with Crippen molar-refractivity contribution in [2.75, 3.05) is 0 Å². The van der Waals surface area contributed by atoms with Crippen LogP contribution in [0.5, 0.6) is 0 Å². The van der Waals surface area contributed by atoms with Crippen LogP contribution in [0, 0.1) is 5.41 Å². The summed E-state index contributed by atoms with van der Waals surface area (Å²) >= 11 is 0. The second-order valence-electron chi connectivity index (χ2n) is 5.63. The van der Waals surface area contributed by atoms with Gasteiger partial charge >= 0.3 is 5.97 Å². The van der Waals surface area contributed by atoms with Crippen molar-refractivity contribution in [1.82, 2.24) is 10.5 Å². The van der Waals surface area contributed by atoms with Gasteiger partial charge in [-0.25, -0.2) is 0 Å². The van der Waals surface area contributed by atoms with E-state index in [-0.39, 0.29) is 12.3 Å². The first kappa shape index (κ1) is 15.5. The summed E-state index contributed by atoms with van der Waals surface area (Å²) < 4.78 is 5.24. The average Bonchev–Trinajstić information content (AvgIpc) is 2.82. The topological polar surface area (TPSA) is 92.4 Å². The largest absolute Gasteiger partial charge is 0.481 e. The SMILES string of the molecule is CCc1noc(CC)c1CNC(=O)CC1(C(=O)O)CCC1. The lowest BCUT2D eigenvalue weighted by molar-refractivity contribution is -0.157. The van der Waals surface area contributed by atoms with Crippen LogP contribution in [0.4, 0.5) is 0 Å². The molecule has 0 spiro atoms. The summed E-state index contributed by atoms with van der Waals surface area (Å²) in [6.07, 6.45) is 3.57. The highest BCUT2D eigenvalue weighted by atomic mass is 16.5. The predicted octanol–water partition coefficient (Wildman–Crippen LogP) is 2.06. The van der Waals surface area contributed by atoms with Crippen LogP contribution in [0.15, 0.2) is 4.52 Å². The van der Waals surface area contributed by atoms with Crippen LogP contribution in [0.2, 0.25) is 0 Å². The number of carbonyl (C=O) groups excluding carboxylic acids is 1. The van der Waals surface area contributed by atoms with Crippen molar-refractivity contribution >= 4 is 11.9 Å². The first-order valence-corrected chi connectivity index (χ1v) is 7.48. The molecule has 6 nitrogen and oxygen atoms in total. The number of nitrogens with zero attached hydrogens (tertiary/aromatic N) is 1. The maximum atomic E-state index is 12.0. The minimum absolute atomic E-state index is 0.0521. The molecular formula is C15H22N2O4. The van der Waals surface area contributed by atoms with Crippen molar-refractivity contribution in [1.29, 1.82) is 0 Å². The number of aryl methyl sites for hydroxylation is 2. The molecule has 6 heteroatoms. The Balaban J connectivity index is 1.95. The molecular weight excluding hydrogens is 272 g/mol. The van der Waals surface area contributed by atoms with Gasteiger partial charge in [-0.2, -0.15) is 0 Å². The Morgan fingerprint density at radius 1 is 1.33 bits per heavy atom. The zero-order valence-electron chi connectivity index (χ0n) is 12.6. The molecule has 0 aromatic carbocycles. The molecule has 1 amide bonds. The van der Waals surface area contributed by atoms with E-state index in [0.29, 0.717) is 19.4 Å². The molecule has 1 aliphatic carbocycles.